The molecule has 104 valence electrons. The third-order valence-electron chi connectivity index (χ3n) is 3.09. The molecule has 5 nitrogen and oxygen atoms in total. The van der Waals surface area contributed by atoms with E-state index in [2.05, 4.69) is 5.32 Å². The summed E-state index contributed by atoms with van der Waals surface area (Å²) in [7, 11) is 0. The van der Waals surface area contributed by atoms with E-state index < -0.39 is 12.0 Å². The van der Waals surface area contributed by atoms with Crippen LogP contribution < -0.4 is 11.1 Å². The Morgan fingerprint density at radius 1 is 1.20 bits per heavy atom. The topological polar surface area (TPSA) is 92.4 Å². The zero-order chi connectivity index (χ0) is 14.7. The maximum Gasteiger partial charge on any atom is 0.322 e. The number of carbonyl (C=O) groups excluding carboxylic acids is 1. The van der Waals surface area contributed by atoms with E-state index in [4.69, 9.17) is 10.8 Å². The van der Waals surface area contributed by atoms with Gasteiger partial charge in [0.15, 0.2) is 5.78 Å². The van der Waals surface area contributed by atoms with Gasteiger partial charge in [-0.15, -0.1) is 0 Å². The number of anilines is 1. The maximum absolute atomic E-state index is 11.3. The molecule has 4 N–H and O–H groups in total. The first kappa shape index (κ1) is 14.0. The smallest absolute Gasteiger partial charge is 0.322 e. The number of nitrogens with one attached hydrogen (secondary N) is 1. The Balaban J connectivity index is 2.19. The van der Waals surface area contributed by atoms with Gasteiger partial charge in [0.25, 0.3) is 0 Å². The molecule has 20 heavy (non-hydrogen) atoms. The molecule has 0 aliphatic rings. The molecule has 0 radical (unpaired) electrons. The molecule has 0 aliphatic carbocycles. The van der Waals surface area contributed by atoms with Crippen LogP contribution in [-0.4, -0.2) is 29.4 Å². The summed E-state index contributed by atoms with van der Waals surface area (Å²) >= 11 is 0. The molecule has 0 aromatic heterocycles. The number of rotatable bonds is 5. The van der Waals surface area contributed by atoms with Crippen molar-refractivity contribution < 1.29 is 14.7 Å². The summed E-state index contributed by atoms with van der Waals surface area (Å²) < 4.78 is 0. The van der Waals surface area contributed by atoms with Gasteiger partial charge in [-0.3, -0.25) is 9.59 Å². The molecule has 0 bridgehead atoms. The Morgan fingerprint density at radius 3 is 2.50 bits per heavy atom. The van der Waals surface area contributed by atoms with Crippen molar-refractivity contribution in [2.75, 3.05) is 11.9 Å². The largest absolute Gasteiger partial charge is 0.480 e. The van der Waals surface area contributed by atoms with Crippen molar-refractivity contribution in [3.8, 4) is 0 Å². The number of hydrogen-bond acceptors (Lipinski definition) is 4. The van der Waals surface area contributed by atoms with Crippen molar-refractivity contribution >= 4 is 28.2 Å². The summed E-state index contributed by atoms with van der Waals surface area (Å²) in [6.45, 7) is 1.69. The molecule has 0 fully saturated rings. The van der Waals surface area contributed by atoms with Gasteiger partial charge in [-0.1, -0.05) is 18.2 Å². The Morgan fingerprint density at radius 2 is 1.85 bits per heavy atom. The number of nitrogens with two attached hydrogens (primary N) is 1. The number of hydrogen-bond donors (Lipinski definition) is 3. The summed E-state index contributed by atoms with van der Waals surface area (Å²) in [5, 5.41) is 13.6. The second-order valence-corrected chi connectivity index (χ2v) is 4.66. The number of Topliss-reactive ketones (excluding diaryl/α,β-unsaturated/α-hetero) is 1. The first-order chi connectivity index (χ1) is 9.47. The summed E-state index contributed by atoms with van der Waals surface area (Å²) in [4.78, 5) is 22.0. The molecule has 0 amide bonds. The van der Waals surface area contributed by atoms with E-state index in [-0.39, 0.29) is 12.3 Å². The highest BCUT2D eigenvalue weighted by atomic mass is 16.4. The Labute approximate surface area is 116 Å². The van der Waals surface area contributed by atoms with Crippen LogP contribution >= 0.6 is 0 Å². The minimum absolute atomic E-state index is 0.0292. The summed E-state index contributed by atoms with van der Waals surface area (Å²) in [6.07, 6.45) is 0. The van der Waals surface area contributed by atoms with Gasteiger partial charge in [-0.2, -0.15) is 0 Å². The highest BCUT2D eigenvalue weighted by molar-refractivity contribution is 5.99. The molecular weight excluding hydrogens is 256 g/mol. The highest BCUT2D eigenvalue weighted by Gasteiger charge is 2.10. The number of fused-ring (bicyclic) bond motifs is 1. The van der Waals surface area contributed by atoms with Crippen LogP contribution in [0.2, 0.25) is 0 Å². The van der Waals surface area contributed by atoms with Gasteiger partial charge in [0, 0.05) is 17.8 Å². The molecule has 2 aromatic carbocycles. The Hall–Kier alpha value is -2.40. The Kier molecular flexibility index (Phi) is 4.00. The van der Waals surface area contributed by atoms with E-state index in [9.17, 15) is 9.59 Å². The highest BCUT2D eigenvalue weighted by Crippen LogP contribution is 2.20. The van der Waals surface area contributed by atoms with Crippen LogP contribution in [-0.2, 0) is 4.79 Å². The minimum Gasteiger partial charge on any atom is -0.480 e. The standard InChI is InChI=1S/C15H16N2O3/c1-9(18)10-2-3-12-7-13(5-4-11(12)6-10)17-8-14(16)15(19)20/h2-7,14,17H,8,16H2,1H3,(H,19,20). The van der Waals surface area contributed by atoms with E-state index in [0.29, 0.717) is 5.56 Å². The first-order valence-electron chi connectivity index (χ1n) is 6.24. The molecular formula is C15H16N2O3. The monoisotopic (exact) mass is 272 g/mol. The zero-order valence-electron chi connectivity index (χ0n) is 11.1. The van der Waals surface area contributed by atoms with Crippen LogP contribution in [0.1, 0.15) is 17.3 Å². The zero-order valence-corrected chi connectivity index (χ0v) is 11.1. The molecule has 0 saturated carbocycles. The fourth-order valence-corrected chi connectivity index (χ4v) is 1.89. The normalized spacial score (nSPS) is 12.1. The van der Waals surface area contributed by atoms with E-state index in [1.807, 2.05) is 30.3 Å². The number of benzene rings is 2. The first-order valence-corrected chi connectivity index (χ1v) is 6.24. The van der Waals surface area contributed by atoms with Gasteiger partial charge in [-0.25, -0.2) is 0 Å². The van der Waals surface area contributed by atoms with E-state index in [0.717, 1.165) is 16.5 Å². The average molecular weight is 272 g/mol. The van der Waals surface area contributed by atoms with Crippen molar-refractivity contribution in [3.05, 3.63) is 42.0 Å². The van der Waals surface area contributed by atoms with Crippen molar-refractivity contribution in [1.29, 1.82) is 0 Å². The van der Waals surface area contributed by atoms with Crippen LogP contribution in [0.4, 0.5) is 5.69 Å². The predicted molar refractivity (Wildman–Crippen MR) is 78.1 cm³/mol. The number of carboxylic acid groups (broad SMARTS) is 1. The second kappa shape index (κ2) is 5.71. The van der Waals surface area contributed by atoms with Crippen LogP contribution in [0.25, 0.3) is 10.8 Å². The number of carbonyl (C=O) groups is 2. The minimum atomic E-state index is -1.04. The molecule has 0 spiro atoms. The van der Waals surface area contributed by atoms with Crippen LogP contribution in [0.3, 0.4) is 0 Å². The molecule has 5 heteroatoms. The molecule has 0 aliphatic heterocycles. The summed E-state index contributed by atoms with van der Waals surface area (Å²) in [5.41, 5.74) is 6.90. The summed E-state index contributed by atoms with van der Waals surface area (Å²) in [6, 6.07) is 10.2. The van der Waals surface area contributed by atoms with Crippen LogP contribution in [0.5, 0.6) is 0 Å². The van der Waals surface area contributed by atoms with Gasteiger partial charge < -0.3 is 16.2 Å². The summed E-state index contributed by atoms with van der Waals surface area (Å²) in [5.74, 6) is -1.01. The number of aliphatic carboxylic acids is 1. The molecule has 1 atom stereocenters. The lowest BCUT2D eigenvalue weighted by Crippen LogP contribution is -2.36. The third kappa shape index (κ3) is 3.13. The predicted octanol–water partition coefficient (Wildman–Crippen LogP) is 1.87. The van der Waals surface area contributed by atoms with Crippen molar-refractivity contribution in [3.63, 3.8) is 0 Å². The Bertz CT molecular complexity index is 667. The van der Waals surface area contributed by atoms with E-state index in [1.54, 1.807) is 6.07 Å². The van der Waals surface area contributed by atoms with E-state index in [1.165, 1.54) is 6.92 Å². The second-order valence-electron chi connectivity index (χ2n) is 4.66. The number of carboxylic acids is 1. The van der Waals surface area contributed by atoms with Gasteiger partial charge in [0.1, 0.15) is 6.04 Å². The molecule has 2 rings (SSSR count). The van der Waals surface area contributed by atoms with Crippen molar-refractivity contribution in [2.24, 2.45) is 5.73 Å². The molecule has 0 heterocycles. The molecule has 1 unspecified atom stereocenters. The molecule has 2 aromatic rings. The lowest BCUT2D eigenvalue weighted by atomic mass is 10.0. The quantitative estimate of drug-likeness (QED) is 0.722. The van der Waals surface area contributed by atoms with Gasteiger partial charge in [0.2, 0.25) is 0 Å². The number of ketones is 1. The molecule has 0 saturated heterocycles. The van der Waals surface area contributed by atoms with E-state index >= 15 is 0 Å². The van der Waals surface area contributed by atoms with Crippen LogP contribution in [0, 0.1) is 0 Å². The van der Waals surface area contributed by atoms with Gasteiger partial charge >= 0.3 is 5.97 Å². The maximum atomic E-state index is 11.3. The fraction of sp³-hybridized carbons (Fsp3) is 0.200. The lowest BCUT2D eigenvalue weighted by molar-refractivity contribution is -0.138. The lowest BCUT2D eigenvalue weighted by Gasteiger charge is -2.10. The fourth-order valence-electron chi connectivity index (χ4n) is 1.89. The average Bonchev–Trinajstić information content (AvgIpc) is 2.43. The SMILES string of the molecule is CC(=O)c1ccc2cc(NCC(N)C(=O)O)ccc2c1. The van der Waals surface area contributed by atoms with Crippen molar-refractivity contribution in [2.45, 2.75) is 13.0 Å². The van der Waals surface area contributed by atoms with Crippen molar-refractivity contribution in [1.82, 2.24) is 0 Å². The van der Waals surface area contributed by atoms with Crippen LogP contribution in [0.15, 0.2) is 36.4 Å². The third-order valence-corrected chi connectivity index (χ3v) is 3.09. The van der Waals surface area contributed by atoms with Gasteiger partial charge in [-0.05, 0) is 35.9 Å². The van der Waals surface area contributed by atoms with Gasteiger partial charge in [0.05, 0.1) is 0 Å².